The van der Waals surface area contributed by atoms with Gasteiger partial charge >= 0.3 is 0 Å². The molecule has 0 saturated heterocycles. The van der Waals surface area contributed by atoms with Gasteiger partial charge in [-0.3, -0.25) is 4.31 Å². The second-order valence-corrected chi connectivity index (χ2v) is 6.63. The highest BCUT2D eigenvalue weighted by molar-refractivity contribution is 7.92. The molecule has 2 N–H and O–H groups in total. The maximum atomic E-state index is 12.7. The zero-order valence-corrected chi connectivity index (χ0v) is 13.3. The van der Waals surface area contributed by atoms with Crippen LogP contribution in [0, 0.1) is 6.92 Å². The van der Waals surface area contributed by atoms with Crippen molar-refractivity contribution in [2.24, 2.45) is 5.73 Å². The predicted octanol–water partition coefficient (Wildman–Crippen LogP) is 1.50. The van der Waals surface area contributed by atoms with Crippen molar-refractivity contribution in [2.75, 3.05) is 11.4 Å². The van der Waals surface area contributed by atoms with Gasteiger partial charge in [-0.15, -0.1) is 0 Å². The Labute approximate surface area is 125 Å². The van der Waals surface area contributed by atoms with Crippen LogP contribution in [0.1, 0.15) is 18.3 Å². The summed E-state index contributed by atoms with van der Waals surface area (Å²) in [5.74, 6) is 0.677. The molecule has 0 aliphatic heterocycles. The topological polar surface area (TPSA) is 81.2 Å². The Morgan fingerprint density at radius 3 is 2.57 bits per heavy atom. The fraction of sp³-hybridized carbons (Fsp3) is 0.357. The molecule has 0 aliphatic rings. The Hall–Kier alpha value is -1.86. The van der Waals surface area contributed by atoms with E-state index in [0.717, 1.165) is 5.56 Å². The van der Waals surface area contributed by atoms with Gasteiger partial charge in [0.25, 0.3) is 10.0 Å². The van der Waals surface area contributed by atoms with Crippen LogP contribution in [0.5, 0.6) is 0 Å². The van der Waals surface area contributed by atoms with Gasteiger partial charge in [0, 0.05) is 26.3 Å². The molecule has 0 radical (unpaired) electrons. The maximum absolute atomic E-state index is 12.7. The van der Waals surface area contributed by atoms with Crippen LogP contribution in [0.3, 0.4) is 0 Å². The number of rotatable bonds is 5. The summed E-state index contributed by atoms with van der Waals surface area (Å²) in [6, 6.07) is 7.18. The van der Waals surface area contributed by atoms with E-state index in [4.69, 9.17) is 5.73 Å². The van der Waals surface area contributed by atoms with Gasteiger partial charge in [-0.1, -0.05) is 18.2 Å². The minimum atomic E-state index is -3.69. The van der Waals surface area contributed by atoms with Crippen LogP contribution in [-0.2, 0) is 23.1 Å². The number of anilines is 1. The number of hydrogen-bond donors (Lipinski definition) is 1. The van der Waals surface area contributed by atoms with Crippen molar-refractivity contribution in [3.05, 3.63) is 41.9 Å². The first kappa shape index (κ1) is 15.5. The molecule has 114 valence electrons. The van der Waals surface area contributed by atoms with Crippen molar-refractivity contribution < 1.29 is 8.42 Å². The van der Waals surface area contributed by atoms with Crippen molar-refractivity contribution in [3.63, 3.8) is 0 Å². The van der Waals surface area contributed by atoms with Crippen LogP contribution >= 0.6 is 0 Å². The smallest absolute Gasteiger partial charge is 0.283 e. The maximum Gasteiger partial charge on any atom is 0.283 e. The summed E-state index contributed by atoms with van der Waals surface area (Å²) in [6.45, 7) is 4.69. The predicted molar refractivity (Wildman–Crippen MR) is 82.6 cm³/mol. The van der Waals surface area contributed by atoms with Crippen LogP contribution in [0.25, 0.3) is 0 Å². The van der Waals surface area contributed by atoms with Crippen molar-refractivity contribution >= 4 is 15.7 Å². The van der Waals surface area contributed by atoms with E-state index in [1.165, 1.54) is 11.4 Å². The van der Waals surface area contributed by atoms with E-state index in [-0.39, 0.29) is 11.6 Å². The minimum Gasteiger partial charge on any atom is -0.334 e. The molecule has 1 aromatic carbocycles. The number of aryl methyl sites for hydroxylation is 2. The van der Waals surface area contributed by atoms with Gasteiger partial charge < -0.3 is 10.3 Å². The molecule has 2 rings (SSSR count). The largest absolute Gasteiger partial charge is 0.334 e. The second kappa shape index (κ2) is 5.87. The van der Waals surface area contributed by atoms with Gasteiger partial charge in [0.05, 0.1) is 5.69 Å². The van der Waals surface area contributed by atoms with Gasteiger partial charge in [-0.25, -0.2) is 4.98 Å². The molecule has 7 heteroatoms. The number of imidazole rings is 1. The SMILES string of the molecule is CCn1cc(S(=O)(=O)N(C)c2ccccc2CN)nc1C. The van der Waals surface area contributed by atoms with Crippen LogP contribution in [0.15, 0.2) is 35.5 Å². The number of sulfonamides is 1. The van der Waals surface area contributed by atoms with Gasteiger partial charge in [0.2, 0.25) is 0 Å². The fourth-order valence-electron chi connectivity index (χ4n) is 2.18. The zero-order valence-electron chi connectivity index (χ0n) is 12.4. The Kier molecular flexibility index (Phi) is 4.34. The summed E-state index contributed by atoms with van der Waals surface area (Å²) in [7, 11) is -2.17. The molecule has 0 bridgehead atoms. The zero-order chi connectivity index (χ0) is 15.6. The molecule has 2 aromatic rings. The van der Waals surface area contributed by atoms with Crippen LogP contribution in [0.2, 0.25) is 0 Å². The van der Waals surface area contributed by atoms with Gasteiger partial charge in [-0.2, -0.15) is 8.42 Å². The lowest BCUT2D eigenvalue weighted by atomic mass is 10.2. The minimum absolute atomic E-state index is 0.0520. The average Bonchev–Trinajstić information content (AvgIpc) is 2.88. The molecule has 0 atom stereocenters. The van der Waals surface area contributed by atoms with E-state index in [1.54, 1.807) is 29.8 Å². The van der Waals surface area contributed by atoms with E-state index in [1.807, 2.05) is 19.1 Å². The fourth-order valence-corrected chi connectivity index (χ4v) is 3.41. The Bertz CT molecular complexity index is 737. The summed E-state index contributed by atoms with van der Waals surface area (Å²) < 4.78 is 28.4. The summed E-state index contributed by atoms with van der Waals surface area (Å²) in [4.78, 5) is 4.16. The lowest BCUT2D eigenvalue weighted by Crippen LogP contribution is -2.28. The molecule has 0 unspecified atom stereocenters. The highest BCUT2D eigenvalue weighted by Gasteiger charge is 2.26. The lowest BCUT2D eigenvalue weighted by molar-refractivity contribution is 0.590. The monoisotopic (exact) mass is 308 g/mol. The first-order chi connectivity index (χ1) is 9.91. The molecule has 21 heavy (non-hydrogen) atoms. The Morgan fingerprint density at radius 2 is 2.00 bits per heavy atom. The van der Waals surface area contributed by atoms with Gasteiger partial charge in [-0.05, 0) is 25.5 Å². The van der Waals surface area contributed by atoms with Crippen LogP contribution in [0.4, 0.5) is 5.69 Å². The molecule has 1 aromatic heterocycles. The average molecular weight is 308 g/mol. The number of hydrogen-bond acceptors (Lipinski definition) is 4. The normalized spacial score (nSPS) is 11.6. The van der Waals surface area contributed by atoms with E-state index >= 15 is 0 Å². The molecular formula is C14H20N4O2S. The van der Waals surface area contributed by atoms with Gasteiger partial charge in [0.1, 0.15) is 5.82 Å². The molecule has 0 amide bonds. The van der Waals surface area contributed by atoms with Crippen molar-refractivity contribution in [1.82, 2.24) is 9.55 Å². The first-order valence-electron chi connectivity index (χ1n) is 6.72. The number of nitrogens with two attached hydrogens (primary N) is 1. The van der Waals surface area contributed by atoms with E-state index in [0.29, 0.717) is 18.1 Å². The molecule has 1 heterocycles. The third kappa shape index (κ3) is 2.79. The van der Waals surface area contributed by atoms with Gasteiger partial charge in [0.15, 0.2) is 5.03 Å². The summed E-state index contributed by atoms with van der Waals surface area (Å²) in [5.41, 5.74) is 7.03. The lowest BCUT2D eigenvalue weighted by Gasteiger charge is -2.20. The van der Waals surface area contributed by atoms with E-state index < -0.39 is 10.0 Å². The summed E-state index contributed by atoms with van der Waals surface area (Å²) in [5, 5.41) is 0.0520. The highest BCUT2D eigenvalue weighted by Crippen LogP contribution is 2.25. The van der Waals surface area contributed by atoms with Crippen molar-refractivity contribution in [1.29, 1.82) is 0 Å². The summed E-state index contributed by atoms with van der Waals surface area (Å²) >= 11 is 0. The molecule has 0 fully saturated rings. The quantitative estimate of drug-likeness (QED) is 0.907. The number of para-hydroxylation sites is 1. The van der Waals surface area contributed by atoms with Crippen molar-refractivity contribution in [2.45, 2.75) is 32.0 Å². The van der Waals surface area contributed by atoms with E-state index in [9.17, 15) is 8.42 Å². The highest BCUT2D eigenvalue weighted by atomic mass is 32.2. The number of benzene rings is 1. The molecular weight excluding hydrogens is 288 g/mol. The number of aromatic nitrogens is 2. The van der Waals surface area contributed by atoms with Crippen LogP contribution in [-0.4, -0.2) is 25.0 Å². The summed E-state index contributed by atoms with van der Waals surface area (Å²) in [6.07, 6.45) is 1.56. The number of nitrogens with zero attached hydrogens (tertiary/aromatic N) is 3. The Balaban J connectivity index is 2.47. The molecule has 0 aliphatic carbocycles. The molecule has 6 nitrogen and oxygen atoms in total. The third-order valence-corrected chi connectivity index (χ3v) is 5.11. The first-order valence-corrected chi connectivity index (χ1v) is 8.16. The molecule has 0 saturated carbocycles. The van der Waals surface area contributed by atoms with Crippen molar-refractivity contribution in [3.8, 4) is 0 Å². The third-order valence-electron chi connectivity index (χ3n) is 3.47. The molecule has 0 spiro atoms. The van der Waals surface area contributed by atoms with Crippen LogP contribution < -0.4 is 10.0 Å². The second-order valence-electron chi connectivity index (χ2n) is 4.72. The Morgan fingerprint density at radius 1 is 1.33 bits per heavy atom. The van der Waals surface area contributed by atoms with E-state index in [2.05, 4.69) is 4.98 Å². The standard InChI is InChI=1S/C14H20N4O2S/c1-4-18-10-14(16-11(18)2)21(19,20)17(3)13-8-6-5-7-12(13)9-15/h5-8,10H,4,9,15H2,1-3H3.